The van der Waals surface area contributed by atoms with Gasteiger partial charge < -0.3 is 0 Å². The number of nitrogens with zero attached hydrogens (tertiary/aromatic N) is 2. The molecule has 25 heavy (non-hydrogen) atoms. The highest BCUT2D eigenvalue weighted by Gasteiger charge is 2.34. The monoisotopic (exact) mass is 339 g/mol. The van der Waals surface area contributed by atoms with Crippen molar-refractivity contribution in [2.45, 2.75) is 51.9 Å². The van der Waals surface area contributed by atoms with Crippen LogP contribution in [0.3, 0.4) is 0 Å². The van der Waals surface area contributed by atoms with E-state index < -0.39 is 0 Å². The summed E-state index contributed by atoms with van der Waals surface area (Å²) in [6.45, 7) is 1.94. The van der Waals surface area contributed by atoms with Crippen molar-refractivity contribution in [3.05, 3.63) is 40.4 Å². The van der Waals surface area contributed by atoms with Crippen LogP contribution in [0, 0.1) is 17.8 Å². The fraction of sp³-hybridized carbons (Fsp3) is 0.550. The number of fused-ring (bicyclic) bond motifs is 3. The molecule has 2 atom stereocenters. The molecule has 4 rings (SSSR count). The van der Waals surface area contributed by atoms with Crippen molar-refractivity contribution in [1.82, 2.24) is 9.66 Å². The van der Waals surface area contributed by atoms with Gasteiger partial charge in [0.25, 0.3) is 5.56 Å². The van der Waals surface area contributed by atoms with Crippen LogP contribution in [0.25, 0.3) is 10.9 Å². The zero-order chi connectivity index (χ0) is 17.4. The molecule has 2 aliphatic rings. The summed E-state index contributed by atoms with van der Waals surface area (Å²) >= 11 is 0. The molecule has 2 bridgehead atoms. The highest BCUT2D eigenvalue weighted by atomic mass is 16.2. The van der Waals surface area contributed by atoms with Gasteiger partial charge >= 0.3 is 0 Å². The number of hydrogen-bond donors (Lipinski definition) is 1. The highest BCUT2D eigenvalue weighted by molar-refractivity contribution is 5.84. The maximum absolute atomic E-state index is 12.8. The number of nitrogens with one attached hydrogen (secondary N) is 1. The van der Waals surface area contributed by atoms with Crippen molar-refractivity contribution in [1.29, 1.82) is 0 Å². The highest BCUT2D eigenvalue weighted by Crippen LogP contribution is 2.45. The third-order valence-corrected chi connectivity index (χ3v) is 5.86. The second-order valence-corrected chi connectivity index (χ2v) is 7.66. The third-order valence-electron chi connectivity index (χ3n) is 5.86. The van der Waals surface area contributed by atoms with Gasteiger partial charge in [0.15, 0.2) is 0 Å². The standard InChI is InChI=1S/C20H25N3O2/c1-2-18-21-17-6-4-3-5-16(17)20(25)23(18)22-19(24)12-15-10-13-7-8-14(9-13)11-15/h3-6,13-15H,2,7-12H2,1H3,(H,22,24). The predicted molar refractivity (Wildman–Crippen MR) is 97.9 cm³/mol. The normalized spacial score (nSPS) is 25.2. The fourth-order valence-electron chi connectivity index (χ4n) is 4.78. The zero-order valence-electron chi connectivity index (χ0n) is 14.7. The van der Waals surface area contributed by atoms with Gasteiger partial charge in [0, 0.05) is 12.8 Å². The lowest BCUT2D eigenvalue weighted by Crippen LogP contribution is -2.37. The van der Waals surface area contributed by atoms with Crippen molar-refractivity contribution in [3.8, 4) is 0 Å². The summed E-state index contributed by atoms with van der Waals surface area (Å²) < 4.78 is 1.35. The lowest BCUT2D eigenvalue weighted by atomic mass is 9.79. The number of aromatic nitrogens is 2. The number of aryl methyl sites for hydroxylation is 1. The largest absolute Gasteiger partial charge is 0.280 e. The van der Waals surface area contributed by atoms with Crippen LogP contribution in [0.1, 0.15) is 51.3 Å². The second kappa shape index (κ2) is 6.62. The minimum Gasteiger partial charge on any atom is -0.273 e. The van der Waals surface area contributed by atoms with E-state index in [0.29, 0.717) is 35.5 Å². The molecule has 5 nitrogen and oxygen atoms in total. The van der Waals surface area contributed by atoms with Gasteiger partial charge in [0.2, 0.25) is 5.91 Å². The number of amides is 1. The van der Waals surface area contributed by atoms with E-state index in [1.54, 1.807) is 6.07 Å². The van der Waals surface area contributed by atoms with Gasteiger partial charge in [-0.3, -0.25) is 15.0 Å². The SMILES string of the molecule is CCc1nc2ccccc2c(=O)n1NC(=O)CC1CC2CCC(C2)C1. The van der Waals surface area contributed by atoms with E-state index in [9.17, 15) is 9.59 Å². The summed E-state index contributed by atoms with van der Waals surface area (Å²) in [4.78, 5) is 29.9. The number of carbonyl (C=O) groups is 1. The molecule has 1 aromatic heterocycles. The Labute approximate surface area is 147 Å². The fourth-order valence-corrected chi connectivity index (χ4v) is 4.78. The van der Waals surface area contributed by atoms with Gasteiger partial charge in [-0.15, -0.1) is 0 Å². The number of carbonyl (C=O) groups excluding carboxylic acids is 1. The van der Waals surface area contributed by atoms with Gasteiger partial charge in [-0.2, -0.15) is 0 Å². The molecule has 2 unspecified atom stereocenters. The molecule has 1 amide bonds. The lowest BCUT2D eigenvalue weighted by Gasteiger charge is -2.27. The lowest BCUT2D eigenvalue weighted by molar-refractivity contribution is -0.118. The Morgan fingerprint density at radius 3 is 2.64 bits per heavy atom. The quantitative estimate of drug-likeness (QED) is 0.930. The Morgan fingerprint density at radius 2 is 1.92 bits per heavy atom. The molecule has 2 aliphatic carbocycles. The van der Waals surface area contributed by atoms with Crippen LogP contribution in [-0.4, -0.2) is 15.6 Å². The van der Waals surface area contributed by atoms with Gasteiger partial charge in [0.05, 0.1) is 10.9 Å². The van der Waals surface area contributed by atoms with Crippen molar-refractivity contribution < 1.29 is 4.79 Å². The summed E-state index contributed by atoms with van der Waals surface area (Å²) in [7, 11) is 0. The molecule has 5 heteroatoms. The van der Waals surface area contributed by atoms with E-state index in [1.807, 2.05) is 25.1 Å². The summed E-state index contributed by atoms with van der Waals surface area (Å²) in [6, 6.07) is 7.28. The Morgan fingerprint density at radius 1 is 1.20 bits per heavy atom. The van der Waals surface area contributed by atoms with E-state index in [-0.39, 0.29) is 11.5 Å². The molecule has 0 spiro atoms. The van der Waals surface area contributed by atoms with Crippen molar-refractivity contribution in [2.75, 3.05) is 5.43 Å². The van der Waals surface area contributed by atoms with Crippen LogP contribution in [-0.2, 0) is 11.2 Å². The molecule has 132 valence electrons. The Balaban J connectivity index is 1.54. The Hall–Kier alpha value is -2.17. The van der Waals surface area contributed by atoms with Crippen LogP contribution in [0.5, 0.6) is 0 Å². The molecule has 1 aromatic carbocycles. The second-order valence-electron chi connectivity index (χ2n) is 7.66. The molecular formula is C20H25N3O2. The van der Waals surface area contributed by atoms with E-state index in [0.717, 1.165) is 24.7 Å². The summed E-state index contributed by atoms with van der Waals surface area (Å²) in [5.74, 6) is 2.61. The van der Waals surface area contributed by atoms with Crippen LogP contribution < -0.4 is 11.0 Å². The molecule has 2 saturated carbocycles. The zero-order valence-corrected chi connectivity index (χ0v) is 14.7. The number of rotatable bonds is 4. The van der Waals surface area contributed by atoms with E-state index in [2.05, 4.69) is 10.4 Å². The molecule has 0 radical (unpaired) electrons. The average Bonchev–Trinajstić information content (AvgIpc) is 2.95. The van der Waals surface area contributed by atoms with Gasteiger partial charge in [-0.25, -0.2) is 9.66 Å². The first-order valence-corrected chi connectivity index (χ1v) is 9.44. The summed E-state index contributed by atoms with van der Waals surface area (Å²) in [6.07, 6.45) is 7.44. The molecule has 2 aromatic rings. The average molecular weight is 339 g/mol. The van der Waals surface area contributed by atoms with Crippen molar-refractivity contribution in [3.63, 3.8) is 0 Å². The number of hydrogen-bond acceptors (Lipinski definition) is 3. The van der Waals surface area contributed by atoms with E-state index >= 15 is 0 Å². The molecule has 0 saturated heterocycles. The maximum Gasteiger partial charge on any atom is 0.280 e. The first-order chi connectivity index (χ1) is 12.1. The van der Waals surface area contributed by atoms with E-state index in [4.69, 9.17) is 0 Å². The van der Waals surface area contributed by atoms with Crippen LogP contribution in [0.4, 0.5) is 0 Å². The van der Waals surface area contributed by atoms with Crippen molar-refractivity contribution in [2.24, 2.45) is 17.8 Å². The van der Waals surface area contributed by atoms with Gasteiger partial charge in [0.1, 0.15) is 5.82 Å². The topological polar surface area (TPSA) is 64.0 Å². The van der Waals surface area contributed by atoms with Crippen LogP contribution in [0.15, 0.2) is 29.1 Å². The molecule has 1 heterocycles. The molecule has 0 aliphatic heterocycles. The minimum atomic E-state index is -0.195. The van der Waals surface area contributed by atoms with Crippen LogP contribution in [0.2, 0.25) is 0 Å². The minimum absolute atomic E-state index is 0.0693. The smallest absolute Gasteiger partial charge is 0.273 e. The van der Waals surface area contributed by atoms with Crippen molar-refractivity contribution >= 4 is 16.8 Å². The number of benzene rings is 1. The molecule has 1 N–H and O–H groups in total. The summed E-state index contributed by atoms with van der Waals surface area (Å²) in [5.41, 5.74) is 3.31. The first-order valence-electron chi connectivity index (χ1n) is 9.44. The maximum atomic E-state index is 12.8. The Bertz CT molecular complexity index is 846. The number of para-hydroxylation sites is 1. The molecular weight excluding hydrogens is 314 g/mol. The Kier molecular flexibility index (Phi) is 4.32. The third kappa shape index (κ3) is 3.20. The van der Waals surface area contributed by atoms with Gasteiger partial charge in [-0.05, 0) is 49.1 Å². The first kappa shape index (κ1) is 16.3. The van der Waals surface area contributed by atoms with E-state index in [1.165, 1.54) is 23.9 Å². The molecule has 2 fully saturated rings. The summed E-state index contributed by atoms with van der Waals surface area (Å²) in [5, 5.41) is 0.538. The van der Waals surface area contributed by atoms with Gasteiger partial charge in [-0.1, -0.05) is 31.9 Å². The van der Waals surface area contributed by atoms with Crippen LogP contribution >= 0.6 is 0 Å². The predicted octanol–water partition coefficient (Wildman–Crippen LogP) is 3.25.